The molecule has 0 spiro atoms. The Balaban J connectivity index is 2.12. The predicted octanol–water partition coefficient (Wildman–Crippen LogP) is 3.25. The molecule has 104 valence electrons. The molecule has 1 saturated carbocycles. The van der Waals surface area contributed by atoms with Crippen LogP contribution >= 0.6 is 0 Å². The van der Waals surface area contributed by atoms with Gasteiger partial charge in [-0.1, -0.05) is 18.6 Å². The van der Waals surface area contributed by atoms with E-state index in [9.17, 15) is 0 Å². The molecule has 0 heterocycles. The Labute approximate surface area is 115 Å². The Kier molecular flexibility index (Phi) is 4.86. The van der Waals surface area contributed by atoms with Crippen molar-refractivity contribution in [3.8, 4) is 11.5 Å². The van der Waals surface area contributed by atoms with Gasteiger partial charge in [-0.15, -0.1) is 0 Å². The molecule has 0 unspecified atom stereocenters. The smallest absolute Gasteiger partial charge is 0.123 e. The molecule has 0 aromatic heterocycles. The number of nitrogens with one attached hydrogen (secondary N) is 1. The van der Waals surface area contributed by atoms with Crippen molar-refractivity contribution in [2.24, 2.45) is 0 Å². The molecule has 0 saturated heterocycles. The molecule has 1 fully saturated rings. The monoisotopic (exact) mass is 261 g/mol. The molecule has 0 aliphatic heterocycles. The van der Waals surface area contributed by atoms with E-state index in [1.54, 1.807) is 14.2 Å². The van der Waals surface area contributed by atoms with E-state index >= 15 is 0 Å². The maximum atomic E-state index is 5.30. The minimum atomic E-state index is 0.745. The van der Waals surface area contributed by atoms with Crippen molar-refractivity contribution in [2.45, 2.75) is 32.2 Å². The second kappa shape index (κ2) is 6.62. The third-order valence-electron chi connectivity index (χ3n) is 3.39. The quantitative estimate of drug-likeness (QED) is 0.817. The third-order valence-corrected chi connectivity index (χ3v) is 3.39. The van der Waals surface area contributed by atoms with E-state index < -0.39 is 0 Å². The highest BCUT2D eigenvalue weighted by atomic mass is 16.5. The summed E-state index contributed by atoms with van der Waals surface area (Å²) in [5, 5.41) is 3.55. The van der Waals surface area contributed by atoms with Crippen molar-refractivity contribution in [3.05, 3.63) is 29.3 Å². The predicted molar refractivity (Wildman–Crippen MR) is 78.8 cm³/mol. The second-order valence-electron chi connectivity index (χ2n) is 4.96. The summed E-state index contributed by atoms with van der Waals surface area (Å²) < 4.78 is 10.6. The Morgan fingerprint density at radius 3 is 2.32 bits per heavy atom. The zero-order valence-electron chi connectivity index (χ0n) is 12.0. The zero-order valence-corrected chi connectivity index (χ0v) is 12.0. The van der Waals surface area contributed by atoms with Crippen molar-refractivity contribution in [2.75, 3.05) is 20.8 Å². The number of hydrogen-bond acceptors (Lipinski definition) is 3. The summed E-state index contributed by atoms with van der Waals surface area (Å²) in [6.45, 7) is 3.17. The van der Waals surface area contributed by atoms with Gasteiger partial charge in [0.25, 0.3) is 0 Å². The molecule has 1 N–H and O–H groups in total. The summed E-state index contributed by atoms with van der Waals surface area (Å²) in [5.41, 5.74) is 2.54. The fraction of sp³-hybridized carbons (Fsp3) is 0.500. The molecule has 1 aromatic carbocycles. The third kappa shape index (κ3) is 4.28. The van der Waals surface area contributed by atoms with Gasteiger partial charge in [-0.3, -0.25) is 0 Å². The van der Waals surface area contributed by atoms with Gasteiger partial charge in [0.1, 0.15) is 11.5 Å². The van der Waals surface area contributed by atoms with Crippen LogP contribution in [0.25, 0.3) is 6.08 Å². The van der Waals surface area contributed by atoms with Crippen molar-refractivity contribution in [1.82, 2.24) is 5.32 Å². The van der Waals surface area contributed by atoms with E-state index in [0.29, 0.717) is 0 Å². The second-order valence-corrected chi connectivity index (χ2v) is 4.96. The van der Waals surface area contributed by atoms with E-state index in [1.165, 1.54) is 18.4 Å². The van der Waals surface area contributed by atoms with Crippen LogP contribution in [0.15, 0.2) is 23.8 Å². The van der Waals surface area contributed by atoms with Crippen LogP contribution < -0.4 is 14.8 Å². The topological polar surface area (TPSA) is 30.5 Å². The average Bonchev–Trinajstić information content (AvgIpc) is 3.27. The summed E-state index contributed by atoms with van der Waals surface area (Å²) in [6, 6.07) is 6.71. The maximum absolute atomic E-state index is 5.30. The van der Waals surface area contributed by atoms with Crippen molar-refractivity contribution < 1.29 is 9.47 Å². The van der Waals surface area contributed by atoms with Gasteiger partial charge in [-0.25, -0.2) is 0 Å². The van der Waals surface area contributed by atoms with Gasteiger partial charge in [0, 0.05) is 18.7 Å². The van der Waals surface area contributed by atoms with Crippen LogP contribution in [0.5, 0.6) is 11.5 Å². The molecule has 0 bridgehead atoms. The van der Waals surface area contributed by atoms with Crippen LogP contribution in [0.3, 0.4) is 0 Å². The first-order chi connectivity index (χ1) is 9.25. The first kappa shape index (κ1) is 13.9. The molecule has 0 atom stereocenters. The molecule has 19 heavy (non-hydrogen) atoms. The SMILES string of the molecule is CCC(=Cc1cc(OC)cc(OC)c1)CNC1CC1. The van der Waals surface area contributed by atoms with Crippen LogP contribution in [0, 0.1) is 0 Å². The maximum Gasteiger partial charge on any atom is 0.123 e. The van der Waals surface area contributed by atoms with E-state index in [-0.39, 0.29) is 0 Å². The summed E-state index contributed by atoms with van der Waals surface area (Å²) in [4.78, 5) is 0. The van der Waals surface area contributed by atoms with Crippen LogP contribution in [0.1, 0.15) is 31.7 Å². The van der Waals surface area contributed by atoms with Crippen LogP contribution in [0.2, 0.25) is 0 Å². The molecule has 1 aliphatic rings. The molecule has 2 rings (SSSR count). The van der Waals surface area contributed by atoms with E-state index in [0.717, 1.165) is 36.1 Å². The Morgan fingerprint density at radius 2 is 1.84 bits per heavy atom. The molecule has 3 heteroatoms. The van der Waals surface area contributed by atoms with Crippen LogP contribution in [-0.2, 0) is 0 Å². The first-order valence-electron chi connectivity index (χ1n) is 6.91. The number of rotatable bonds is 7. The lowest BCUT2D eigenvalue weighted by atomic mass is 10.1. The molecule has 0 radical (unpaired) electrons. The van der Waals surface area contributed by atoms with Crippen molar-refractivity contribution in [1.29, 1.82) is 0 Å². The van der Waals surface area contributed by atoms with Crippen molar-refractivity contribution in [3.63, 3.8) is 0 Å². The summed E-state index contributed by atoms with van der Waals surface area (Å²) in [5.74, 6) is 1.66. The first-order valence-corrected chi connectivity index (χ1v) is 6.91. The lowest BCUT2D eigenvalue weighted by Gasteiger charge is -2.09. The van der Waals surface area contributed by atoms with E-state index in [4.69, 9.17) is 9.47 Å². The Morgan fingerprint density at radius 1 is 1.21 bits per heavy atom. The lowest BCUT2D eigenvalue weighted by Crippen LogP contribution is -2.18. The average molecular weight is 261 g/mol. The minimum absolute atomic E-state index is 0.745. The summed E-state index contributed by atoms with van der Waals surface area (Å²) >= 11 is 0. The fourth-order valence-corrected chi connectivity index (χ4v) is 1.99. The van der Waals surface area contributed by atoms with Gasteiger partial charge in [0.2, 0.25) is 0 Å². The van der Waals surface area contributed by atoms with Crippen LogP contribution in [0.4, 0.5) is 0 Å². The van der Waals surface area contributed by atoms with Gasteiger partial charge >= 0.3 is 0 Å². The van der Waals surface area contributed by atoms with Gasteiger partial charge < -0.3 is 14.8 Å². The highest BCUT2D eigenvalue weighted by molar-refractivity contribution is 5.58. The molecule has 0 amide bonds. The lowest BCUT2D eigenvalue weighted by molar-refractivity contribution is 0.394. The molecule has 1 aliphatic carbocycles. The van der Waals surface area contributed by atoms with Gasteiger partial charge in [0.15, 0.2) is 0 Å². The highest BCUT2D eigenvalue weighted by Crippen LogP contribution is 2.25. The Hall–Kier alpha value is -1.48. The molecule has 3 nitrogen and oxygen atoms in total. The fourth-order valence-electron chi connectivity index (χ4n) is 1.99. The summed E-state index contributed by atoms with van der Waals surface area (Å²) in [7, 11) is 3.36. The number of methoxy groups -OCH3 is 2. The number of benzene rings is 1. The minimum Gasteiger partial charge on any atom is -0.497 e. The zero-order chi connectivity index (χ0) is 13.7. The summed E-state index contributed by atoms with van der Waals surface area (Å²) in [6.07, 6.45) is 5.92. The van der Waals surface area contributed by atoms with Gasteiger partial charge in [0.05, 0.1) is 14.2 Å². The van der Waals surface area contributed by atoms with Gasteiger partial charge in [-0.2, -0.15) is 0 Å². The standard InChI is InChI=1S/C16H23NO2/c1-4-12(11-17-14-5-6-14)7-13-8-15(18-2)10-16(9-13)19-3/h7-10,14,17H,4-6,11H2,1-3H3. The normalized spacial score (nSPS) is 15.4. The van der Waals surface area contributed by atoms with Gasteiger partial charge in [-0.05, 0) is 37.0 Å². The number of hydrogen-bond donors (Lipinski definition) is 1. The van der Waals surface area contributed by atoms with Crippen molar-refractivity contribution >= 4 is 6.08 Å². The highest BCUT2D eigenvalue weighted by Gasteiger charge is 2.20. The largest absolute Gasteiger partial charge is 0.497 e. The van der Waals surface area contributed by atoms with E-state index in [1.807, 2.05) is 18.2 Å². The molecule has 1 aromatic rings. The van der Waals surface area contributed by atoms with Crippen LogP contribution in [-0.4, -0.2) is 26.8 Å². The molecular formula is C16H23NO2. The van der Waals surface area contributed by atoms with E-state index in [2.05, 4.69) is 18.3 Å². The number of ether oxygens (including phenoxy) is 2. The Bertz CT molecular complexity index is 428. The molecular weight excluding hydrogens is 238 g/mol.